The lowest BCUT2D eigenvalue weighted by Gasteiger charge is -2.22. The SMILES string of the molecule is Cc1noc(C)c1S(=O)(=O)N1CCC[C@H]1C(=O)OCc1ccc(C#N)cc1. The van der Waals surface area contributed by atoms with E-state index in [2.05, 4.69) is 5.16 Å². The van der Waals surface area contributed by atoms with Crippen molar-refractivity contribution in [1.29, 1.82) is 5.26 Å². The first-order valence-corrected chi connectivity index (χ1v) is 9.89. The Labute approximate surface area is 157 Å². The van der Waals surface area contributed by atoms with Crippen LogP contribution in [0.1, 0.15) is 35.4 Å². The van der Waals surface area contributed by atoms with Crippen LogP contribution in [0.4, 0.5) is 0 Å². The predicted octanol–water partition coefficient (Wildman–Crippen LogP) is 2.06. The maximum atomic E-state index is 13.0. The van der Waals surface area contributed by atoms with Gasteiger partial charge in [0.25, 0.3) is 0 Å². The van der Waals surface area contributed by atoms with Crippen molar-refractivity contribution in [3.05, 3.63) is 46.8 Å². The molecule has 8 nitrogen and oxygen atoms in total. The second-order valence-corrected chi connectivity index (χ2v) is 8.17. The fourth-order valence-electron chi connectivity index (χ4n) is 3.15. The Morgan fingerprint density at radius 1 is 1.37 bits per heavy atom. The smallest absolute Gasteiger partial charge is 0.324 e. The second kappa shape index (κ2) is 7.50. The monoisotopic (exact) mass is 389 g/mol. The Balaban J connectivity index is 1.73. The first-order chi connectivity index (χ1) is 12.8. The molecule has 0 radical (unpaired) electrons. The fourth-order valence-corrected chi connectivity index (χ4v) is 5.09. The van der Waals surface area contributed by atoms with Crippen molar-refractivity contribution in [1.82, 2.24) is 9.46 Å². The molecule has 9 heteroatoms. The van der Waals surface area contributed by atoms with Crippen molar-refractivity contribution in [3.63, 3.8) is 0 Å². The summed E-state index contributed by atoms with van der Waals surface area (Å²) in [7, 11) is -3.90. The summed E-state index contributed by atoms with van der Waals surface area (Å²) in [4.78, 5) is 12.5. The number of nitrogens with zero attached hydrogens (tertiary/aromatic N) is 3. The molecule has 1 atom stereocenters. The van der Waals surface area contributed by atoms with Gasteiger partial charge in [0.1, 0.15) is 23.2 Å². The number of hydrogen-bond donors (Lipinski definition) is 0. The Morgan fingerprint density at radius 2 is 2.07 bits per heavy atom. The van der Waals surface area contributed by atoms with E-state index in [-0.39, 0.29) is 29.5 Å². The van der Waals surface area contributed by atoms with Gasteiger partial charge in [0, 0.05) is 6.54 Å². The number of esters is 1. The number of carbonyl (C=O) groups excluding carboxylic acids is 1. The normalized spacial score (nSPS) is 17.6. The molecule has 0 N–H and O–H groups in total. The molecule has 0 unspecified atom stereocenters. The molecule has 0 bridgehead atoms. The van der Waals surface area contributed by atoms with Gasteiger partial charge in [-0.2, -0.15) is 9.57 Å². The Hall–Kier alpha value is -2.70. The molecular formula is C18H19N3O5S. The number of hydrogen-bond acceptors (Lipinski definition) is 7. The Kier molecular flexibility index (Phi) is 5.30. The summed E-state index contributed by atoms with van der Waals surface area (Å²) in [5.74, 6) is -0.392. The van der Waals surface area contributed by atoms with Gasteiger partial charge in [0.05, 0.1) is 11.6 Å². The highest BCUT2D eigenvalue weighted by molar-refractivity contribution is 7.89. The van der Waals surface area contributed by atoms with Crippen LogP contribution >= 0.6 is 0 Å². The van der Waals surface area contributed by atoms with Crippen LogP contribution in [-0.4, -0.2) is 36.4 Å². The average molecular weight is 389 g/mol. The molecule has 2 heterocycles. The maximum Gasteiger partial charge on any atom is 0.324 e. The van der Waals surface area contributed by atoms with Gasteiger partial charge in [-0.05, 0) is 44.4 Å². The largest absolute Gasteiger partial charge is 0.460 e. The summed E-state index contributed by atoms with van der Waals surface area (Å²) in [6, 6.07) is 7.79. The zero-order chi connectivity index (χ0) is 19.6. The average Bonchev–Trinajstić information content (AvgIpc) is 3.27. The molecule has 1 aromatic heterocycles. The zero-order valence-electron chi connectivity index (χ0n) is 15.0. The molecule has 0 spiro atoms. The van der Waals surface area contributed by atoms with E-state index in [9.17, 15) is 13.2 Å². The molecule has 3 rings (SSSR count). The molecule has 1 aromatic carbocycles. The summed E-state index contributed by atoms with van der Waals surface area (Å²) < 4.78 is 37.4. The van der Waals surface area contributed by atoms with Gasteiger partial charge < -0.3 is 9.26 Å². The number of sulfonamides is 1. The number of aryl methyl sites for hydroxylation is 2. The van der Waals surface area contributed by atoms with Crippen molar-refractivity contribution < 1.29 is 22.5 Å². The first kappa shape index (κ1) is 19.1. The molecule has 1 saturated heterocycles. The number of aromatic nitrogens is 1. The number of ether oxygens (including phenoxy) is 1. The first-order valence-electron chi connectivity index (χ1n) is 8.45. The topological polar surface area (TPSA) is 114 Å². The van der Waals surface area contributed by atoms with Crippen molar-refractivity contribution in [3.8, 4) is 6.07 Å². The van der Waals surface area contributed by atoms with E-state index < -0.39 is 22.0 Å². The summed E-state index contributed by atoms with van der Waals surface area (Å²) in [5.41, 5.74) is 1.50. The lowest BCUT2D eigenvalue weighted by Crippen LogP contribution is -2.41. The third kappa shape index (κ3) is 3.72. The lowest BCUT2D eigenvalue weighted by atomic mass is 10.1. The van der Waals surface area contributed by atoms with Crippen LogP contribution in [0.25, 0.3) is 0 Å². The minimum atomic E-state index is -3.90. The Morgan fingerprint density at radius 3 is 2.67 bits per heavy atom. The van der Waals surface area contributed by atoms with Gasteiger partial charge in [-0.25, -0.2) is 8.42 Å². The van der Waals surface area contributed by atoms with E-state index in [4.69, 9.17) is 14.5 Å². The van der Waals surface area contributed by atoms with Gasteiger partial charge in [-0.15, -0.1) is 0 Å². The van der Waals surface area contributed by atoms with Crippen LogP contribution in [0.2, 0.25) is 0 Å². The number of nitriles is 1. The maximum absolute atomic E-state index is 13.0. The molecule has 0 saturated carbocycles. The second-order valence-electron chi connectivity index (χ2n) is 6.34. The van der Waals surface area contributed by atoms with Crippen LogP contribution < -0.4 is 0 Å². The highest BCUT2D eigenvalue weighted by atomic mass is 32.2. The van der Waals surface area contributed by atoms with Crippen LogP contribution in [0.15, 0.2) is 33.7 Å². The van der Waals surface area contributed by atoms with Crippen molar-refractivity contribution in [2.45, 2.75) is 44.2 Å². The molecule has 1 aliphatic rings. The van der Waals surface area contributed by atoms with Crippen LogP contribution in [0, 0.1) is 25.2 Å². The molecular weight excluding hydrogens is 370 g/mol. The van der Waals surface area contributed by atoms with Crippen LogP contribution in [-0.2, 0) is 26.2 Å². The minimum Gasteiger partial charge on any atom is -0.460 e. The third-order valence-corrected chi connectivity index (χ3v) is 6.63. The quantitative estimate of drug-likeness (QED) is 0.719. The van der Waals surface area contributed by atoms with Crippen molar-refractivity contribution in [2.24, 2.45) is 0 Å². The van der Waals surface area contributed by atoms with Crippen LogP contribution in [0.5, 0.6) is 0 Å². The van der Waals surface area contributed by atoms with E-state index in [1.807, 2.05) is 6.07 Å². The van der Waals surface area contributed by atoms with E-state index >= 15 is 0 Å². The highest BCUT2D eigenvalue weighted by Crippen LogP contribution is 2.30. The summed E-state index contributed by atoms with van der Waals surface area (Å²) in [6.45, 7) is 3.34. The Bertz CT molecular complexity index is 969. The molecule has 1 aliphatic heterocycles. The number of benzene rings is 1. The molecule has 2 aromatic rings. The zero-order valence-corrected chi connectivity index (χ0v) is 15.8. The molecule has 1 fully saturated rings. The summed E-state index contributed by atoms with van der Waals surface area (Å²) >= 11 is 0. The summed E-state index contributed by atoms with van der Waals surface area (Å²) in [6.07, 6.45) is 0.966. The van der Waals surface area contributed by atoms with E-state index in [0.717, 1.165) is 5.56 Å². The third-order valence-electron chi connectivity index (χ3n) is 4.47. The van der Waals surface area contributed by atoms with Crippen molar-refractivity contribution in [2.75, 3.05) is 6.54 Å². The van der Waals surface area contributed by atoms with Crippen molar-refractivity contribution >= 4 is 16.0 Å². The van der Waals surface area contributed by atoms with Gasteiger partial charge in [-0.3, -0.25) is 4.79 Å². The van der Waals surface area contributed by atoms with E-state index in [1.54, 1.807) is 31.2 Å². The molecule has 142 valence electrons. The number of carbonyl (C=O) groups is 1. The standard InChI is InChI=1S/C18H19N3O5S/c1-12-17(13(2)26-20-12)27(23,24)21-9-3-4-16(21)18(22)25-11-15-7-5-14(10-19)6-8-15/h5-8,16H,3-4,9,11H2,1-2H3/t16-/m0/s1. The summed E-state index contributed by atoms with van der Waals surface area (Å²) in [5, 5.41) is 12.5. The predicted molar refractivity (Wildman–Crippen MR) is 93.8 cm³/mol. The highest BCUT2D eigenvalue weighted by Gasteiger charge is 2.42. The fraction of sp³-hybridized carbons (Fsp3) is 0.389. The molecule has 27 heavy (non-hydrogen) atoms. The van der Waals surface area contributed by atoms with Gasteiger partial charge in [0.15, 0.2) is 5.76 Å². The number of rotatable bonds is 5. The van der Waals surface area contributed by atoms with Crippen LogP contribution in [0.3, 0.4) is 0 Å². The molecule has 0 aliphatic carbocycles. The minimum absolute atomic E-state index is 0.00860. The van der Waals surface area contributed by atoms with Gasteiger partial charge in [0.2, 0.25) is 10.0 Å². The molecule has 0 amide bonds. The van der Waals surface area contributed by atoms with E-state index in [0.29, 0.717) is 18.4 Å². The lowest BCUT2D eigenvalue weighted by molar-refractivity contribution is -0.148. The van der Waals surface area contributed by atoms with Gasteiger partial charge in [-0.1, -0.05) is 17.3 Å². The van der Waals surface area contributed by atoms with Gasteiger partial charge >= 0.3 is 5.97 Å². The van der Waals surface area contributed by atoms with E-state index in [1.165, 1.54) is 11.2 Å².